The van der Waals surface area contributed by atoms with Crippen molar-refractivity contribution < 1.29 is 14.6 Å². The molecule has 0 unspecified atom stereocenters. The highest BCUT2D eigenvalue weighted by molar-refractivity contribution is 5.64. The number of hydrogen-bond acceptors (Lipinski definition) is 5. The molecule has 1 aliphatic rings. The molecule has 1 aromatic carbocycles. The molecule has 1 fully saturated rings. The zero-order chi connectivity index (χ0) is 18.5. The first-order valence-corrected chi connectivity index (χ1v) is 9.19. The number of imidazole rings is 1. The molecule has 1 aliphatic heterocycles. The number of ether oxygens (including phenoxy) is 2. The van der Waals surface area contributed by atoms with E-state index >= 15 is 0 Å². The van der Waals surface area contributed by atoms with E-state index in [1.165, 1.54) is 5.56 Å². The molecule has 0 radical (unpaired) electrons. The van der Waals surface area contributed by atoms with Crippen molar-refractivity contribution in [1.82, 2.24) is 14.5 Å². The summed E-state index contributed by atoms with van der Waals surface area (Å²) < 4.78 is 13.7. The van der Waals surface area contributed by atoms with Gasteiger partial charge in [0.15, 0.2) is 0 Å². The van der Waals surface area contributed by atoms with E-state index in [9.17, 15) is 0 Å². The van der Waals surface area contributed by atoms with Crippen LogP contribution in [-0.2, 0) is 11.2 Å². The van der Waals surface area contributed by atoms with Crippen LogP contribution in [0.25, 0.3) is 11.4 Å². The Hall–Kier alpha value is -2.70. The lowest BCUT2D eigenvalue weighted by atomic mass is 9.95. The van der Waals surface area contributed by atoms with Gasteiger partial charge in [0.2, 0.25) is 0 Å². The average molecular weight is 365 g/mol. The van der Waals surface area contributed by atoms with Crippen LogP contribution in [0.5, 0.6) is 5.75 Å². The van der Waals surface area contributed by atoms with Crippen molar-refractivity contribution in [2.24, 2.45) is 5.92 Å². The van der Waals surface area contributed by atoms with Crippen molar-refractivity contribution in [3.05, 3.63) is 66.7 Å². The van der Waals surface area contributed by atoms with Crippen LogP contribution in [0.15, 0.2) is 61.2 Å². The Labute approximate surface area is 158 Å². The van der Waals surface area contributed by atoms with Gasteiger partial charge in [0, 0.05) is 30.7 Å². The van der Waals surface area contributed by atoms with Crippen LogP contribution in [-0.4, -0.2) is 46.1 Å². The molecular formula is C21H23N3O3. The summed E-state index contributed by atoms with van der Waals surface area (Å²) in [5, 5.41) is 9.08. The van der Waals surface area contributed by atoms with Gasteiger partial charge in [-0.1, -0.05) is 12.1 Å². The molecule has 6 nitrogen and oxygen atoms in total. The molecule has 0 bridgehead atoms. The van der Waals surface area contributed by atoms with Gasteiger partial charge in [-0.3, -0.25) is 4.98 Å². The number of aliphatic hydroxyl groups excluding tert-OH is 1. The summed E-state index contributed by atoms with van der Waals surface area (Å²) >= 11 is 0. The smallest absolute Gasteiger partial charge is 0.143 e. The SMILES string of the molecule is OCCOc1ccccc1-c1nccn1[C@@H]1COC[C@H]1Cc1ccncc1. The van der Waals surface area contributed by atoms with Gasteiger partial charge in [0.1, 0.15) is 18.2 Å². The zero-order valence-corrected chi connectivity index (χ0v) is 15.1. The molecule has 0 saturated carbocycles. The van der Waals surface area contributed by atoms with E-state index < -0.39 is 0 Å². The second kappa shape index (κ2) is 8.33. The second-order valence-electron chi connectivity index (χ2n) is 6.65. The number of nitrogens with zero attached hydrogens (tertiary/aromatic N) is 3. The fourth-order valence-corrected chi connectivity index (χ4v) is 3.63. The van der Waals surface area contributed by atoms with E-state index in [0.29, 0.717) is 12.5 Å². The number of aromatic nitrogens is 3. The average Bonchev–Trinajstić information content (AvgIpc) is 3.36. The van der Waals surface area contributed by atoms with Crippen LogP contribution in [0.4, 0.5) is 0 Å². The summed E-state index contributed by atoms with van der Waals surface area (Å²) in [6.45, 7) is 1.63. The maximum atomic E-state index is 9.08. The summed E-state index contributed by atoms with van der Waals surface area (Å²) in [6, 6.07) is 12.1. The van der Waals surface area contributed by atoms with Gasteiger partial charge in [-0.2, -0.15) is 0 Å². The van der Waals surface area contributed by atoms with E-state index in [4.69, 9.17) is 14.6 Å². The predicted octanol–water partition coefficient (Wildman–Crippen LogP) is 2.75. The quantitative estimate of drug-likeness (QED) is 0.697. The molecule has 3 aromatic rings. The fourth-order valence-electron chi connectivity index (χ4n) is 3.63. The van der Waals surface area contributed by atoms with E-state index in [1.807, 2.05) is 49.1 Å². The molecule has 2 atom stereocenters. The minimum Gasteiger partial charge on any atom is -0.490 e. The second-order valence-corrected chi connectivity index (χ2v) is 6.65. The minimum atomic E-state index is -0.0206. The normalized spacial score (nSPS) is 19.3. The molecule has 140 valence electrons. The predicted molar refractivity (Wildman–Crippen MR) is 102 cm³/mol. The van der Waals surface area contributed by atoms with Crippen LogP contribution >= 0.6 is 0 Å². The van der Waals surface area contributed by atoms with Crippen molar-refractivity contribution in [2.75, 3.05) is 26.4 Å². The third-order valence-electron chi connectivity index (χ3n) is 4.91. The highest BCUT2D eigenvalue weighted by atomic mass is 16.5. The van der Waals surface area contributed by atoms with Crippen LogP contribution in [0.3, 0.4) is 0 Å². The maximum Gasteiger partial charge on any atom is 0.143 e. The van der Waals surface area contributed by atoms with Gasteiger partial charge in [-0.15, -0.1) is 0 Å². The van der Waals surface area contributed by atoms with Gasteiger partial charge in [0.05, 0.1) is 31.4 Å². The minimum absolute atomic E-state index is 0.0206. The Balaban J connectivity index is 1.62. The van der Waals surface area contributed by atoms with Crippen molar-refractivity contribution in [1.29, 1.82) is 0 Å². The highest BCUT2D eigenvalue weighted by Crippen LogP contribution is 2.35. The Morgan fingerprint density at radius 2 is 1.96 bits per heavy atom. The van der Waals surface area contributed by atoms with Gasteiger partial charge < -0.3 is 19.1 Å². The molecule has 0 spiro atoms. The van der Waals surface area contributed by atoms with E-state index in [2.05, 4.69) is 26.7 Å². The Morgan fingerprint density at radius 1 is 1.11 bits per heavy atom. The van der Waals surface area contributed by atoms with E-state index in [0.717, 1.165) is 30.2 Å². The van der Waals surface area contributed by atoms with Gasteiger partial charge >= 0.3 is 0 Å². The third-order valence-corrected chi connectivity index (χ3v) is 4.91. The lowest BCUT2D eigenvalue weighted by Crippen LogP contribution is -2.20. The van der Waals surface area contributed by atoms with Gasteiger partial charge in [0.25, 0.3) is 0 Å². The number of pyridine rings is 1. The van der Waals surface area contributed by atoms with Crippen molar-refractivity contribution in [3.8, 4) is 17.1 Å². The Morgan fingerprint density at radius 3 is 2.81 bits per heavy atom. The molecule has 1 saturated heterocycles. The summed E-state index contributed by atoms with van der Waals surface area (Å²) in [5.74, 6) is 1.95. The van der Waals surface area contributed by atoms with Gasteiger partial charge in [-0.05, 0) is 36.2 Å². The number of aliphatic hydroxyl groups is 1. The number of para-hydroxylation sites is 1. The molecular weight excluding hydrogens is 342 g/mol. The lowest BCUT2D eigenvalue weighted by molar-refractivity contribution is 0.181. The number of hydrogen-bond donors (Lipinski definition) is 1. The number of rotatable bonds is 7. The molecule has 4 rings (SSSR count). The van der Waals surface area contributed by atoms with Crippen LogP contribution in [0.2, 0.25) is 0 Å². The van der Waals surface area contributed by atoms with E-state index in [1.54, 1.807) is 0 Å². The fraction of sp³-hybridized carbons (Fsp3) is 0.333. The molecule has 1 N–H and O–H groups in total. The Bertz CT molecular complexity index is 866. The summed E-state index contributed by atoms with van der Waals surface area (Å²) in [5.41, 5.74) is 2.18. The molecule has 27 heavy (non-hydrogen) atoms. The lowest BCUT2D eigenvalue weighted by Gasteiger charge is -2.22. The number of benzene rings is 1. The monoisotopic (exact) mass is 365 g/mol. The van der Waals surface area contributed by atoms with Crippen molar-refractivity contribution >= 4 is 0 Å². The molecule has 0 aliphatic carbocycles. The topological polar surface area (TPSA) is 69.4 Å². The van der Waals surface area contributed by atoms with Crippen LogP contribution < -0.4 is 4.74 Å². The Kier molecular flexibility index (Phi) is 5.46. The first-order chi connectivity index (χ1) is 13.4. The summed E-state index contributed by atoms with van der Waals surface area (Å²) in [7, 11) is 0. The highest BCUT2D eigenvalue weighted by Gasteiger charge is 2.31. The van der Waals surface area contributed by atoms with E-state index in [-0.39, 0.29) is 19.3 Å². The largest absolute Gasteiger partial charge is 0.490 e. The van der Waals surface area contributed by atoms with Crippen LogP contribution in [0.1, 0.15) is 11.6 Å². The summed E-state index contributed by atoms with van der Waals surface area (Å²) in [6.07, 6.45) is 8.43. The maximum absolute atomic E-state index is 9.08. The molecule has 0 amide bonds. The van der Waals surface area contributed by atoms with Gasteiger partial charge in [-0.25, -0.2) is 4.98 Å². The summed E-state index contributed by atoms with van der Waals surface area (Å²) in [4.78, 5) is 8.69. The third kappa shape index (κ3) is 3.86. The standard InChI is InChI=1S/C21H23N3O3/c25-11-12-27-20-4-2-1-3-18(20)21-23-9-10-24(21)19-15-26-14-17(19)13-16-5-7-22-8-6-16/h1-10,17,19,25H,11-15H2/t17-,19-/m1/s1. The molecule has 2 aromatic heterocycles. The van der Waals surface area contributed by atoms with Crippen molar-refractivity contribution in [3.63, 3.8) is 0 Å². The van der Waals surface area contributed by atoms with Crippen LogP contribution in [0, 0.1) is 5.92 Å². The molecule has 6 heteroatoms. The van der Waals surface area contributed by atoms with Crippen molar-refractivity contribution in [2.45, 2.75) is 12.5 Å². The first-order valence-electron chi connectivity index (χ1n) is 9.19. The first kappa shape index (κ1) is 17.7. The zero-order valence-electron chi connectivity index (χ0n) is 15.1. The molecule has 3 heterocycles.